The molecule has 4 aromatic rings. The van der Waals surface area contributed by atoms with Gasteiger partial charge in [0.1, 0.15) is 16.5 Å². The molecule has 0 aliphatic rings. The van der Waals surface area contributed by atoms with Gasteiger partial charge in [-0.3, -0.25) is 0 Å². The molecule has 0 spiro atoms. The number of ether oxygens (including phenoxy) is 1. The number of hydrogen-bond acceptors (Lipinski definition) is 9. The van der Waals surface area contributed by atoms with Gasteiger partial charge in [0.2, 0.25) is 5.13 Å². The zero-order chi connectivity index (χ0) is 18.8. The Kier molecular flexibility index (Phi) is 5.35. The van der Waals surface area contributed by atoms with E-state index in [1.165, 1.54) is 11.8 Å². The lowest BCUT2D eigenvalue weighted by Crippen LogP contribution is -2.07. The molecule has 6 nitrogen and oxygen atoms in total. The maximum atomic E-state index is 5.25. The summed E-state index contributed by atoms with van der Waals surface area (Å²) in [6, 6.07) is 10.3. The second-order valence-electron chi connectivity index (χ2n) is 5.92. The fraction of sp³-hybridized carbons (Fsp3) is 0.222. The maximum absolute atomic E-state index is 5.25. The third-order valence-corrected chi connectivity index (χ3v) is 6.77. The van der Waals surface area contributed by atoms with Crippen molar-refractivity contribution >= 4 is 49.8 Å². The van der Waals surface area contributed by atoms with Crippen molar-refractivity contribution in [2.24, 2.45) is 0 Å². The van der Waals surface area contributed by atoms with Gasteiger partial charge in [0, 0.05) is 32.1 Å². The molecule has 3 aromatic heterocycles. The largest absolute Gasteiger partial charge is 0.377 e. The molecular formula is C18H17N5OS3. The number of rotatable bonds is 6. The number of methoxy groups -OCH3 is 1. The van der Waals surface area contributed by atoms with Crippen molar-refractivity contribution < 1.29 is 4.74 Å². The van der Waals surface area contributed by atoms with E-state index in [0.717, 1.165) is 35.8 Å². The van der Waals surface area contributed by atoms with Crippen LogP contribution in [0.2, 0.25) is 0 Å². The van der Waals surface area contributed by atoms with Gasteiger partial charge in [-0.05, 0) is 17.3 Å². The maximum Gasteiger partial charge on any atom is 0.208 e. The Morgan fingerprint density at radius 2 is 1.93 bits per heavy atom. The van der Waals surface area contributed by atoms with E-state index >= 15 is 0 Å². The molecule has 0 N–H and O–H groups in total. The van der Waals surface area contributed by atoms with Crippen LogP contribution in [0, 0.1) is 0 Å². The van der Waals surface area contributed by atoms with Crippen molar-refractivity contribution in [1.29, 1.82) is 0 Å². The minimum Gasteiger partial charge on any atom is -0.377 e. The van der Waals surface area contributed by atoms with Crippen molar-refractivity contribution in [2.75, 3.05) is 26.1 Å². The van der Waals surface area contributed by atoms with Crippen LogP contribution in [0.3, 0.4) is 0 Å². The van der Waals surface area contributed by atoms with Gasteiger partial charge in [0.05, 0.1) is 5.39 Å². The molecule has 4 rings (SSSR count). The lowest BCUT2D eigenvalue weighted by Gasteiger charge is -2.07. The SMILES string of the molecule is COCc1nc(Sc2nnc(N(C)C)s2)c2c(-c3ccccc3)csc2n1. The monoisotopic (exact) mass is 415 g/mol. The fourth-order valence-corrected chi connectivity index (χ4v) is 5.42. The molecule has 138 valence electrons. The molecule has 27 heavy (non-hydrogen) atoms. The molecule has 0 aliphatic heterocycles. The highest BCUT2D eigenvalue weighted by Crippen LogP contribution is 2.41. The third kappa shape index (κ3) is 3.81. The minimum absolute atomic E-state index is 0.376. The van der Waals surface area contributed by atoms with Gasteiger partial charge in [-0.1, -0.05) is 41.7 Å². The van der Waals surface area contributed by atoms with E-state index in [2.05, 4.69) is 32.7 Å². The minimum atomic E-state index is 0.376. The highest BCUT2D eigenvalue weighted by Gasteiger charge is 2.18. The van der Waals surface area contributed by atoms with E-state index in [9.17, 15) is 0 Å². The zero-order valence-electron chi connectivity index (χ0n) is 15.0. The normalized spacial score (nSPS) is 11.2. The average Bonchev–Trinajstić information content (AvgIpc) is 3.30. The molecule has 0 fully saturated rings. The molecule has 0 saturated heterocycles. The van der Waals surface area contributed by atoms with Crippen LogP contribution in [0.4, 0.5) is 5.13 Å². The predicted octanol–water partition coefficient (Wildman–Crippen LogP) is 4.57. The summed E-state index contributed by atoms with van der Waals surface area (Å²) in [5, 5.41) is 13.5. The average molecular weight is 416 g/mol. The van der Waals surface area contributed by atoms with Crippen molar-refractivity contribution in [1.82, 2.24) is 20.2 Å². The van der Waals surface area contributed by atoms with Crippen molar-refractivity contribution in [3.8, 4) is 11.1 Å². The van der Waals surface area contributed by atoms with Gasteiger partial charge in [-0.25, -0.2) is 9.97 Å². The van der Waals surface area contributed by atoms with Gasteiger partial charge in [0.15, 0.2) is 10.2 Å². The Bertz CT molecular complexity index is 1060. The van der Waals surface area contributed by atoms with Crippen LogP contribution < -0.4 is 4.90 Å². The Balaban J connectivity index is 1.83. The molecule has 0 amide bonds. The zero-order valence-corrected chi connectivity index (χ0v) is 17.5. The summed E-state index contributed by atoms with van der Waals surface area (Å²) in [6.45, 7) is 0.376. The first-order valence-electron chi connectivity index (χ1n) is 8.17. The summed E-state index contributed by atoms with van der Waals surface area (Å²) in [5.74, 6) is 0.673. The molecule has 0 radical (unpaired) electrons. The Morgan fingerprint density at radius 1 is 1.11 bits per heavy atom. The van der Waals surface area contributed by atoms with Crippen molar-refractivity contribution in [2.45, 2.75) is 16.0 Å². The van der Waals surface area contributed by atoms with Crippen LogP contribution in [0.25, 0.3) is 21.3 Å². The van der Waals surface area contributed by atoms with Crippen molar-refractivity contribution in [3.63, 3.8) is 0 Å². The van der Waals surface area contributed by atoms with Crippen LogP contribution in [-0.2, 0) is 11.3 Å². The van der Waals surface area contributed by atoms with Crippen LogP contribution in [-0.4, -0.2) is 41.4 Å². The van der Waals surface area contributed by atoms with E-state index < -0.39 is 0 Å². The smallest absolute Gasteiger partial charge is 0.208 e. The standard InChI is InChI=1S/C18H17N5OS3/c1-23(2)17-21-22-18(27-17)26-16-14-12(11-7-5-4-6-8-11)10-25-15(14)19-13(20-16)9-24-3/h4-8,10H,9H2,1-3H3. The third-order valence-electron chi connectivity index (χ3n) is 3.77. The lowest BCUT2D eigenvalue weighted by atomic mass is 10.1. The number of anilines is 1. The number of thiophene rings is 1. The Morgan fingerprint density at radius 3 is 2.63 bits per heavy atom. The number of fused-ring (bicyclic) bond motifs is 1. The van der Waals surface area contributed by atoms with Gasteiger partial charge in [-0.15, -0.1) is 21.5 Å². The fourth-order valence-electron chi connectivity index (χ4n) is 2.56. The van der Waals surface area contributed by atoms with Gasteiger partial charge in [-0.2, -0.15) is 0 Å². The number of hydrogen-bond donors (Lipinski definition) is 0. The molecule has 3 heterocycles. The van der Waals surface area contributed by atoms with Gasteiger partial charge >= 0.3 is 0 Å². The van der Waals surface area contributed by atoms with E-state index in [1.807, 2.05) is 37.2 Å². The van der Waals surface area contributed by atoms with Gasteiger partial charge < -0.3 is 9.64 Å². The summed E-state index contributed by atoms with van der Waals surface area (Å²) >= 11 is 4.70. The molecule has 9 heteroatoms. The first kappa shape index (κ1) is 18.3. The highest BCUT2D eigenvalue weighted by molar-refractivity contribution is 8.01. The second kappa shape index (κ2) is 7.89. The quantitative estimate of drug-likeness (QED) is 0.427. The summed E-state index contributed by atoms with van der Waals surface area (Å²) in [7, 11) is 5.57. The lowest BCUT2D eigenvalue weighted by molar-refractivity contribution is 0.177. The Labute approximate surface area is 169 Å². The summed E-state index contributed by atoms with van der Waals surface area (Å²) in [4.78, 5) is 12.3. The molecular weight excluding hydrogens is 398 g/mol. The Hall–Kier alpha value is -2.07. The summed E-state index contributed by atoms with van der Waals surface area (Å²) in [6.07, 6.45) is 0. The first-order valence-corrected chi connectivity index (χ1v) is 10.7. The van der Waals surface area contributed by atoms with Crippen molar-refractivity contribution in [3.05, 3.63) is 41.5 Å². The van der Waals surface area contributed by atoms with E-state index in [0.29, 0.717) is 12.4 Å². The molecule has 0 atom stereocenters. The topological polar surface area (TPSA) is 64.0 Å². The predicted molar refractivity (Wildman–Crippen MR) is 112 cm³/mol. The summed E-state index contributed by atoms with van der Waals surface area (Å²) in [5.41, 5.74) is 2.29. The highest BCUT2D eigenvalue weighted by atomic mass is 32.2. The number of aromatic nitrogens is 4. The molecule has 0 saturated carbocycles. The second-order valence-corrected chi connectivity index (χ2v) is 8.97. The van der Waals surface area contributed by atoms with Crippen LogP contribution in [0.15, 0.2) is 45.1 Å². The van der Waals surface area contributed by atoms with Crippen LogP contribution in [0.1, 0.15) is 5.82 Å². The molecule has 0 bridgehead atoms. The van der Waals surface area contributed by atoms with E-state index in [1.54, 1.807) is 29.8 Å². The molecule has 0 aliphatic carbocycles. The van der Waals surface area contributed by atoms with Gasteiger partial charge in [0.25, 0.3) is 0 Å². The summed E-state index contributed by atoms with van der Waals surface area (Å²) < 4.78 is 6.10. The molecule has 0 unspecified atom stereocenters. The number of benzene rings is 1. The first-order chi connectivity index (χ1) is 13.2. The van der Waals surface area contributed by atoms with E-state index in [-0.39, 0.29) is 0 Å². The van der Waals surface area contributed by atoms with Crippen LogP contribution in [0.5, 0.6) is 0 Å². The number of nitrogens with zero attached hydrogens (tertiary/aromatic N) is 5. The molecule has 1 aromatic carbocycles. The van der Waals surface area contributed by atoms with Crippen LogP contribution >= 0.6 is 34.4 Å². The van der Waals surface area contributed by atoms with E-state index in [4.69, 9.17) is 9.72 Å².